The lowest BCUT2D eigenvalue weighted by Gasteiger charge is -2.31. The second-order valence-corrected chi connectivity index (χ2v) is 11.2. The normalized spacial score (nSPS) is 16.6. The second-order valence-electron chi connectivity index (χ2n) is 10.3. The molecule has 2 atom stereocenters. The highest BCUT2D eigenvalue weighted by molar-refractivity contribution is 7.78. The molecular weight excluding hydrogens is 518 g/mol. The van der Waals surface area contributed by atoms with E-state index in [0.29, 0.717) is 46.8 Å². The van der Waals surface area contributed by atoms with Crippen LogP contribution >= 0.6 is 0 Å². The predicted octanol–water partition coefficient (Wildman–Crippen LogP) is 1.77. The Kier molecular flexibility index (Phi) is 7.52. The van der Waals surface area contributed by atoms with Crippen LogP contribution in [0.1, 0.15) is 37.9 Å². The fraction of sp³-hybridized carbons (Fsp3) is 0.407. The van der Waals surface area contributed by atoms with Crippen molar-refractivity contribution >= 4 is 39.0 Å². The zero-order valence-corrected chi connectivity index (χ0v) is 23.1. The SMILES string of the molecule is CC(C)=CCn1c(N2CCCC(N)C2)nc2c1c(=O)n(Cc1nccc3c(CS(=O)[O-])cccc13)c(=O)n2C. The highest BCUT2D eigenvalue weighted by atomic mass is 32.2. The van der Waals surface area contributed by atoms with E-state index in [1.807, 2.05) is 30.6 Å². The molecule has 4 aromatic rings. The minimum Gasteiger partial charge on any atom is -0.772 e. The van der Waals surface area contributed by atoms with Gasteiger partial charge in [0.15, 0.2) is 11.2 Å². The number of hydrogen-bond donors (Lipinski definition) is 1. The maximum atomic E-state index is 14.0. The van der Waals surface area contributed by atoms with Crippen LogP contribution in [0.15, 0.2) is 51.7 Å². The number of anilines is 1. The minimum atomic E-state index is -2.26. The minimum absolute atomic E-state index is 0.0114. The molecule has 0 radical (unpaired) electrons. The molecule has 2 N–H and O–H groups in total. The Labute approximate surface area is 227 Å². The van der Waals surface area contributed by atoms with E-state index in [4.69, 9.17) is 10.7 Å². The Morgan fingerprint density at radius 3 is 2.72 bits per heavy atom. The average molecular weight is 551 g/mol. The lowest BCUT2D eigenvalue weighted by molar-refractivity contribution is 0.495. The maximum Gasteiger partial charge on any atom is 0.332 e. The number of pyridine rings is 1. The van der Waals surface area contributed by atoms with Crippen molar-refractivity contribution in [3.63, 3.8) is 0 Å². The van der Waals surface area contributed by atoms with Crippen molar-refractivity contribution in [1.29, 1.82) is 0 Å². The summed E-state index contributed by atoms with van der Waals surface area (Å²) < 4.78 is 27.2. The second kappa shape index (κ2) is 10.9. The highest BCUT2D eigenvalue weighted by Gasteiger charge is 2.26. The van der Waals surface area contributed by atoms with E-state index in [0.717, 1.165) is 30.3 Å². The molecule has 1 aromatic carbocycles. The summed E-state index contributed by atoms with van der Waals surface area (Å²) in [4.78, 5) is 38.8. The smallest absolute Gasteiger partial charge is 0.332 e. The third-order valence-corrected chi connectivity index (χ3v) is 7.74. The van der Waals surface area contributed by atoms with Gasteiger partial charge in [0.2, 0.25) is 5.95 Å². The summed E-state index contributed by atoms with van der Waals surface area (Å²) in [7, 11) is 1.61. The fourth-order valence-corrected chi connectivity index (χ4v) is 5.75. The van der Waals surface area contributed by atoms with Gasteiger partial charge >= 0.3 is 5.69 Å². The van der Waals surface area contributed by atoms with Crippen LogP contribution in [-0.4, -0.2) is 51.6 Å². The summed E-state index contributed by atoms with van der Waals surface area (Å²) >= 11 is -2.26. The van der Waals surface area contributed by atoms with E-state index in [2.05, 4.69) is 9.88 Å². The van der Waals surface area contributed by atoms with E-state index in [1.54, 1.807) is 31.4 Å². The van der Waals surface area contributed by atoms with Gasteiger partial charge in [-0.05, 0) is 43.7 Å². The lowest BCUT2D eigenvalue weighted by Crippen LogP contribution is -2.44. The molecule has 0 spiro atoms. The number of hydrogen-bond acceptors (Lipinski definition) is 8. The number of nitrogens with zero attached hydrogens (tertiary/aromatic N) is 6. The van der Waals surface area contributed by atoms with Gasteiger partial charge in [0.25, 0.3) is 5.56 Å². The molecule has 12 heteroatoms. The standard InChI is InChI=1S/C27H33N7O4S/c1-17(2)10-13-33-23-24(30-26(33)32-12-5-7-19(28)14-32)31(3)27(36)34(25(23)35)15-22-21-8-4-6-18(16-39(37)38)20(21)9-11-29-22/h4,6,8-11,19H,5,7,12-16,28H2,1-3H3,(H,37,38)/p-1. The van der Waals surface area contributed by atoms with Gasteiger partial charge in [-0.25, -0.2) is 4.79 Å². The third kappa shape index (κ3) is 5.19. The summed E-state index contributed by atoms with van der Waals surface area (Å²) in [6.45, 7) is 5.73. The summed E-state index contributed by atoms with van der Waals surface area (Å²) in [5.74, 6) is 0.488. The van der Waals surface area contributed by atoms with Crippen molar-refractivity contribution in [2.24, 2.45) is 12.8 Å². The highest BCUT2D eigenvalue weighted by Crippen LogP contribution is 2.25. The molecule has 1 fully saturated rings. The van der Waals surface area contributed by atoms with Crippen molar-refractivity contribution in [3.8, 4) is 0 Å². The maximum absolute atomic E-state index is 14.0. The zero-order chi connectivity index (χ0) is 27.8. The number of aromatic nitrogens is 5. The molecule has 0 saturated carbocycles. The summed E-state index contributed by atoms with van der Waals surface area (Å²) in [6.07, 6.45) is 5.45. The van der Waals surface area contributed by atoms with Crippen LogP contribution in [0.2, 0.25) is 0 Å². The number of piperidine rings is 1. The molecule has 11 nitrogen and oxygen atoms in total. The van der Waals surface area contributed by atoms with Crippen LogP contribution < -0.4 is 21.9 Å². The van der Waals surface area contributed by atoms with Crippen LogP contribution in [-0.2, 0) is 37.0 Å². The molecule has 5 rings (SSSR count). The fourth-order valence-electron chi connectivity index (χ4n) is 5.24. The van der Waals surface area contributed by atoms with E-state index < -0.39 is 22.3 Å². The van der Waals surface area contributed by atoms with Gasteiger partial charge in [-0.15, -0.1) is 0 Å². The first-order valence-corrected chi connectivity index (χ1v) is 14.2. The third-order valence-electron chi connectivity index (χ3n) is 7.20. The molecule has 1 saturated heterocycles. The number of rotatable bonds is 7. The van der Waals surface area contributed by atoms with Crippen LogP contribution in [0.4, 0.5) is 5.95 Å². The Hall–Kier alpha value is -3.61. The lowest BCUT2D eigenvalue weighted by atomic mass is 10.0. The molecule has 2 unspecified atom stereocenters. The van der Waals surface area contributed by atoms with E-state index in [9.17, 15) is 18.4 Å². The van der Waals surface area contributed by atoms with Crippen molar-refractivity contribution in [3.05, 3.63) is 74.2 Å². The van der Waals surface area contributed by atoms with Gasteiger partial charge in [-0.3, -0.25) is 23.1 Å². The van der Waals surface area contributed by atoms with Gasteiger partial charge in [0.05, 0.1) is 12.2 Å². The Bertz CT molecular complexity index is 1730. The monoisotopic (exact) mass is 550 g/mol. The first-order chi connectivity index (χ1) is 18.7. The first kappa shape index (κ1) is 27.0. The number of imidazole rings is 1. The van der Waals surface area contributed by atoms with Crippen LogP contribution in [0, 0.1) is 0 Å². The number of nitrogens with two attached hydrogens (primary N) is 1. The van der Waals surface area contributed by atoms with E-state index in [1.165, 1.54) is 9.13 Å². The molecule has 206 valence electrons. The van der Waals surface area contributed by atoms with Gasteiger partial charge in [-0.1, -0.05) is 40.9 Å². The quantitative estimate of drug-likeness (QED) is 0.271. The summed E-state index contributed by atoms with van der Waals surface area (Å²) in [6, 6.07) is 7.07. The first-order valence-electron chi connectivity index (χ1n) is 12.9. The molecule has 3 aromatic heterocycles. The van der Waals surface area contributed by atoms with Gasteiger partial charge in [-0.2, -0.15) is 4.98 Å². The molecular formula is C27H32N7O4S-. The van der Waals surface area contributed by atoms with Crippen molar-refractivity contribution in [2.75, 3.05) is 18.0 Å². The van der Waals surface area contributed by atoms with Gasteiger partial charge in [0.1, 0.15) is 0 Å². The number of aryl methyl sites for hydroxylation is 1. The molecule has 39 heavy (non-hydrogen) atoms. The largest absolute Gasteiger partial charge is 0.772 e. The molecule has 1 aliphatic heterocycles. The number of fused-ring (bicyclic) bond motifs is 2. The zero-order valence-electron chi connectivity index (χ0n) is 22.3. The Balaban J connectivity index is 1.69. The predicted molar refractivity (Wildman–Crippen MR) is 152 cm³/mol. The Morgan fingerprint density at radius 1 is 1.21 bits per heavy atom. The summed E-state index contributed by atoms with van der Waals surface area (Å²) in [5.41, 5.74) is 8.19. The Morgan fingerprint density at radius 2 is 2.00 bits per heavy atom. The van der Waals surface area contributed by atoms with Gasteiger partial charge in [0, 0.05) is 50.1 Å². The molecule has 0 bridgehead atoms. The van der Waals surface area contributed by atoms with Crippen LogP contribution in [0.3, 0.4) is 0 Å². The van der Waals surface area contributed by atoms with Crippen LogP contribution in [0.5, 0.6) is 0 Å². The van der Waals surface area contributed by atoms with Crippen molar-refractivity contribution < 1.29 is 8.76 Å². The average Bonchev–Trinajstić information content (AvgIpc) is 3.28. The number of benzene rings is 1. The van der Waals surface area contributed by atoms with Crippen molar-refractivity contribution in [2.45, 2.75) is 51.6 Å². The molecule has 0 aliphatic carbocycles. The van der Waals surface area contributed by atoms with E-state index in [-0.39, 0.29) is 18.3 Å². The van der Waals surface area contributed by atoms with Crippen molar-refractivity contribution in [1.82, 2.24) is 23.7 Å². The number of allylic oxidation sites excluding steroid dienone is 2. The van der Waals surface area contributed by atoms with Crippen LogP contribution in [0.25, 0.3) is 21.9 Å². The summed E-state index contributed by atoms with van der Waals surface area (Å²) in [5, 5.41) is 1.41. The molecule has 4 heterocycles. The molecule has 1 aliphatic rings. The van der Waals surface area contributed by atoms with E-state index >= 15 is 0 Å². The van der Waals surface area contributed by atoms with Gasteiger partial charge < -0.3 is 19.8 Å². The molecule has 0 amide bonds. The topological polar surface area (TPSA) is 144 Å².